The normalized spacial score (nSPS) is 15.4. The van der Waals surface area contributed by atoms with Gasteiger partial charge in [-0.15, -0.1) is 16.4 Å². The second kappa shape index (κ2) is 4.77. The molecule has 100 valence electrons. The molecule has 6 heteroatoms. The van der Waals surface area contributed by atoms with Crippen LogP contribution in [0.5, 0.6) is 0 Å². The van der Waals surface area contributed by atoms with Gasteiger partial charge in [-0.25, -0.2) is 0 Å². The van der Waals surface area contributed by atoms with Crippen molar-refractivity contribution in [2.75, 3.05) is 19.3 Å². The van der Waals surface area contributed by atoms with Crippen LogP contribution in [0.2, 0.25) is 0 Å². The van der Waals surface area contributed by atoms with Crippen LogP contribution < -0.4 is 5.73 Å². The molecule has 1 saturated carbocycles. The van der Waals surface area contributed by atoms with Gasteiger partial charge in [0.05, 0.1) is 11.9 Å². The SMILES string of the molecule is CN(CC1CCC1)C(=O)c1sc2nnccc2c1N. The minimum absolute atomic E-state index is 0.00704. The van der Waals surface area contributed by atoms with Gasteiger partial charge in [-0.2, -0.15) is 5.10 Å². The van der Waals surface area contributed by atoms with E-state index in [1.165, 1.54) is 30.6 Å². The van der Waals surface area contributed by atoms with E-state index in [0.29, 0.717) is 16.5 Å². The Labute approximate surface area is 115 Å². The first-order chi connectivity index (χ1) is 9.16. The number of carbonyl (C=O) groups excluding carboxylic acids is 1. The van der Waals surface area contributed by atoms with E-state index in [1.807, 2.05) is 7.05 Å². The third-order valence-corrected chi connectivity index (χ3v) is 4.81. The predicted octanol–water partition coefficient (Wildman–Crippen LogP) is 2.15. The first kappa shape index (κ1) is 12.3. The molecule has 0 aliphatic heterocycles. The average molecular weight is 276 g/mol. The number of nitrogen functional groups attached to an aromatic ring is 1. The van der Waals surface area contributed by atoms with Crippen molar-refractivity contribution in [3.8, 4) is 0 Å². The lowest BCUT2D eigenvalue weighted by Gasteiger charge is -2.30. The van der Waals surface area contributed by atoms with Gasteiger partial charge in [-0.05, 0) is 24.8 Å². The van der Waals surface area contributed by atoms with Gasteiger partial charge in [-0.3, -0.25) is 4.79 Å². The molecule has 0 atom stereocenters. The molecule has 0 unspecified atom stereocenters. The molecule has 0 saturated heterocycles. The highest BCUT2D eigenvalue weighted by atomic mass is 32.1. The van der Waals surface area contributed by atoms with E-state index in [1.54, 1.807) is 17.2 Å². The minimum Gasteiger partial charge on any atom is -0.397 e. The molecule has 0 bridgehead atoms. The molecule has 0 spiro atoms. The average Bonchev–Trinajstić information content (AvgIpc) is 2.71. The zero-order valence-electron chi connectivity index (χ0n) is 10.8. The van der Waals surface area contributed by atoms with Crippen LogP contribution in [0.15, 0.2) is 12.3 Å². The Kier molecular flexibility index (Phi) is 3.10. The number of fused-ring (bicyclic) bond motifs is 1. The number of amides is 1. The summed E-state index contributed by atoms with van der Waals surface area (Å²) < 4.78 is 0. The third-order valence-electron chi connectivity index (χ3n) is 3.72. The quantitative estimate of drug-likeness (QED) is 0.932. The number of hydrogen-bond acceptors (Lipinski definition) is 5. The smallest absolute Gasteiger partial charge is 0.265 e. The van der Waals surface area contributed by atoms with Gasteiger partial charge in [0.15, 0.2) is 0 Å². The summed E-state index contributed by atoms with van der Waals surface area (Å²) in [5.41, 5.74) is 6.58. The van der Waals surface area contributed by atoms with Gasteiger partial charge in [0.1, 0.15) is 9.71 Å². The maximum atomic E-state index is 12.4. The Hall–Kier alpha value is -1.69. The number of carbonyl (C=O) groups is 1. The Morgan fingerprint density at radius 3 is 3.00 bits per heavy atom. The second-order valence-electron chi connectivity index (χ2n) is 5.08. The molecule has 2 aromatic heterocycles. The number of hydrogen-bond donors (Lipinski definition) is 1. The number of rotatable bonds is 3. The summed E-state index contributed by atoms with van der Waals surface area (Å²) in [4.78, 5) is 15.5. The highest BCUT2D eigenvalue weighted by Crippen LogP contribution is 2.33. The fraction of sp³-hybridized carbons (Fsp3) is 0.462. The highest BCUT2D eigenvalue weighted by Gasteiger charge is 2.25. The van der Waals surface area contributed by atoms with Gasteiger partial charge < -0.3 is 10.6 Å². The molecule has 0 aromatic carbocycles. The van der Waals surface area contributed by atoms with Crippen LogP contribution in [0.1, 0.15) is 28.9 Å². The molecule has 3 rings (SSSR count). The fourth-order valence-corrected chi connectivity index (χ4v) is 3.38. The summed E-state index contributed by atoms with van der Waals surface area (Å²) in [6.07, 6.45) is 5.33. The van der Waals surface area contributed by atoms with Crippen molar-refractivity contribution in [2.24, 2.45) is 5.92 Å². The molecule has 5 nitrogen and oxygen atoms in total. The second-order valence-corrected chi connectivity index (χ2v) is 6.08. The Morgan fingerprint density at radius 2 is 2.37 bits per heavy atom. The number of aromatic nitrogens is 2. The van der Waals surface area contributed by atoms with E-state index < -0.39 is 0 Å². The molecule has 1 aliphatic rings. The molecule has 1 amide bonds. The van der Waals surface area contributed by atoms with Crippen LogP contribution in [-0.4, -0.2) is 34.6 Å². The molecule has 19 heavy (non-hydrogen) atoms. The van der Waals surface area contributed by atoms with E-state index in [9.17, 15) is 4.79 Å². The van der Waals surface area contributed by atoms with Gasteiger partial charge in [0.2, 0.25) is 0 Å². The Balaban J connectivity index is 1.86. The predicted molar refractivity (Wildman–Crippen MR) is 76.1 cm³/mol. The summed E-state index contributed by atoms with van der Waals surface area (Å²) in [5.74, 6) is 0.650. The van der Waals surface area contributed by atoms with Gasteiger partial charge in [-0.1, -0.05) is 6.42 Å². The van der Waals surface area contributed by atoms with Crippen LogP contribution in [0, 0.1) is 5.92 Å². The summed E-state index contributed by atoms with van der Waals surface area (Å²) in [6.45, 7) is 0.818. The lowest BCUT2D eigenvalue weighted by Crippen LogP contribution is -2.34. The van der Waals surface area contributed by atoms with E-state index >= 15 is 0 Å². The molecular formula is C13H16N4OS. The van der Waals surface area contributed by atoms with Crippen LogP contribution in [0.3, 0.4) is 0 Å². The van der Waals surface area contributed by atoms with Crippen LogP contribution in [0.4, 0.5) is 5.69 Å². The number of nitrogens with zero attached hydrogens (tertiary/aromatic N) is 3. The Morgan fingerprint density at radius 1 is 1.58 bits per heavy atom. The minimum atomic E-state index is -0.00704. The number of anilines is 1. The lowest BCUT2D eigenvalue weighted by atomic mass is 9.85. The highest BCUT2D eigenvalue weighted by molar-refractivity contribution is 7.21. The van der Waals surface area contributed by atoms with Crippen molar-refractivity contribution in [1.82, 2.24) is 15.1 Å². The van der Waals surface area contributed by atoms with Gasteiger partial charge >= 0.3 is 0 Å². The summed E-state index contributed by atoms with van der Waals surface area (Å²) in [6, 6.07) is 1.80. The molecule has 2 N–H and O–H groups in total. The van der Waals surface area contributed by atoms with Crippen molar-refractivity contribution >= 4 is 33.1 Å². The molecule has 0 radical (unpaired) electrons. The summed E-state index contributed by atoms with van der Waals surface area (Å²) in [5, 5.41) is 8.65. The van der Waals surface area contributed by atoms with E-state index in [-0.39, 0.29) is 5.91 Å². The van der Waals surface area contributed by atoms with Crippen molar-refractivity contribution < 1.29 is 4.79 Å². The third kappa shape index (κ3) is 2.16. The van der Waals surface area contributed by atoms with Crippen LogP contribution in [0.25, 0.3) is 10.2 Å². The Bertz CT molecular complexity index is 620. The van der Waals surface area contributed by atoms with Crippen molar-refractivity contribution in [3.05, 3.63) is 17.1 Å². The van der Waals surface area contributed by atoms with Gasteiger partial charge in [0.25, 0.3) is 5.91 Å². The topological polar surface area (TPSA) is 72.1 Å². The maximum Gasteiger partial charge on any atom is 0.265 e. The molecule has 2 heterocycles. The number of thiophene rings is 1. The van der Waals surface area contributed by atoms with Crippen molar-refractivity contribution in [3.63, 3.8) is 0 Å². The first-order valence-electron chi connectivity index (χ1n) is 6.42. The van der Waals surface area contributed by atoms with Crippen LogP contribution in [-0.2, 0) is 0 Å². The molecule has 1 aliphatic carbocycles. The zero-order valence-corrected chi connectivity index (χ0v) is 11.6. The van der Waals surface area contributed by atoms with E-state index in [2.05, 4.69) is 10.2 Å². The fourth-order valence-electron chi connectivity index (χ4n) is 2.35. The van der Waals surface area contributed by atoms with E-state index in [4.69, 9.17) is 5.73 Å². The largest absolute Gasteiger partial charge is 0.397 e. The van der Waals surface area contributed by atoms with Crippen molar-refractivity contribution in [2.45, 2.75) is 19.3 Å². The molecule has 1 fully saturated rings. The number of nitrogens with two attached hydrogens (primary N) is 1. The van der Waals surface area contributed by atoms with Crippen LogP contribution >= 0.6 is 11.3 Å². The first-order valence-corrected chi connectivity index (χ1v) is 7.23. The van der Waals surface area contributed by atoms with Gasteiger partial charge in [0, 0.05) is 19.0 Å². The molecule has 2 aromatic rings. The molecular weight excluding hydrogens is 260 g/mol. The lowest BCUT2D eigenvalue weighted by molar-refractivity contribution is 0.0751. The summed E-state index contributed by atoms with van der Waals surface area (Å²) in [7, 11) is 1.84. The van der Waals surface area contributed by atoms with E-state index in [0.717, 1.165) is 16.8 Å². The standard InChI is InChI=1S/C13H16N4OS/c1-17(7-8-3-2-4-8)13(18)11-10(14)9-5-6-15-16-12(9)19-11/h5-6,8H,2-4,7,14H2,1H3. The monoisotopic (exact) mass is 276 g/mol. The zero-order chi connectivity index (χ0) is 13.4. The summed E-state index contributed by atoms with van der Waals surface area (Å²) >= 11 is 1.32. The van der Waals surface area contributed by atoms with Crippen molar-refractivity contribution in [1.29, 1.82) is 0 Å². The maximum absolute atomic E-state index is 12.4.